The molecular weight excluding hydrogens is 159 g/mol. The molecule has 0 fully saturated rings. The highest BCUT2D eigenvalue weighted by Crippen LogP contribution is 2.22. The lowest BCUT2D eigenvalue weighted by Crippen LogP contribution is -2.09. The summed E-state index contributed by atoms with van der Waals surface area (Å²) in [5.74, 6) is 1.78. The molecule has 12 heavy (non-hydrogen) atoms. The molecule has 0 amide bonds. The van der Waals surface area contributed by atoms with E-state index >= 15 is 0 Å². The number of rotatable bonds is 0. The predicted octanol–water partition coefficient (Wildman–Crippen LogP) is -0.347. The summed E-state index contributed by atoms with van der Waals surface area (Å²) >= 11 is 0. The van der Waals surface area contributed by atoms with Gasteiger partial charge in [0.15, 0.2) is 0 Å². The molecule has 64 valence electrons. The van der Waals surface area contributed by atoms with Gasteiger partial charge in [0.2, 0.25) is 6.79 Å². The lowest BCUT2D eigenvalue weighted by Gasteiger charge is -2.14. The molecule has 0 saturated carbocycles. The molecule has 1 heterocycles. The second-order valence-electron chi connectivity index (χ2n) is 2.02. The van der Waals surface area contributed by atoms with Gasteiger partial charge >= 0.3 is 7.69 Å². The Bertz CT molecular complexity index is 221. The minimum Gasteiger partial charge on any atom is -0.457 e. The quantitative estimate of drug-likeness (QED) is 0.520. The third-order valence-corrected chi connectivity index (χ3v) is 1.26. The molecular formula is C7H9BO4. The van der Waals surface area contributed by atoms with E-state index in [2.05, 4.69) is 0 Å². The molecule has 0 atom stereocenters. The van der Waals surface area contributed by atoms with Crippen LogP contribution >= 0.6 is 0 Å². The maximum absolute atomic E-state index is 7.12. The summed E-state index contributed by atoms with van der Waals surface area (Å²) in [5, 5.41) is 14.2. The maximum Gasteiger partial charge on any atom is 0.432 e. The normalized spacial score (nSPS) is 11.5. The first-order valence-corrected chi connectivity index (χ1v) is 3.44. The first-order chi connectivity index (χ1) is 5.86. The van der Waals surface area contributed by atoms with Gasteiger partial charge in [-0.1, -0.05) is 6.07 Å². The third-order valence-electron chi connectivity index (χ3n) is 1.26. The number of hydrogen-bond donors (Lipinski definition) is 2. The molecule has 5 heteroatoms. The Morgan fingerprint density at radius 1 is 1.17 bits per heavy atom. The van der Waals surface area contributed by atoms with Crippen molar-refractivity contribution in [2.24, 2.45) is 0 Å². The molecule has 1 aromatic carbocycles. The molecule has 2 rings (SSSR count). The molecule has 0 aromatic heterocycles. The fourth-order valence-electron chi connectivity index (χ4n) is 0.819. The summed E-state index contributed by atoms with van der Waals surface area (Å²) in [6.45, 7) is 0.349. The van der Waals surface area contributed by atoms with Crippen LogP contribution in [0.1, 0.15) is 0 Å². The maximum atomic E-state index is 7.12. The van der Waals surface area contributed by atoms with Gasteiger partial charge < -0.3 is 19.5 Å². The summed E-state index contributed by atoms with van der Waals surface area (Å²) in [5.41, 5.74) is 0. The SMILES string of the molecule is OBO.c1cc2cc(c1)OCO2. The molecule has 2 bridgehead atoms. The fraction of sp³-hybridized carbons (Fsp3) is 0.143. The number of ether oxygens (including phenoxy) is 2. The van der Waals surface area contributed by atoms with Crippen LogP contribution in [-0.4, -0.2) is 24.5 Å². The molecule has 2 N–H and O–H groups in total. The topological polar surface area (TPSA) is 58.9 Å². The van der Waals surface area contributed by atoms with Crippen LogP contribution < -0.4 is 9.47 Å². The van der Waals surface area contributed by atoms with Gasteiger partial charge in [-0.3, -0.25) is 0 Å². The molecule has 0 saturated heterocycles. The van der Waals surface area contributed by atoms with Gasteiger partial charge in [-0.05, 0) is 12.1 Å². The van der Waals surface area contributed by atoms with Crippen molar-refractivity contribution < 1.29 is 19.5 Å². The van der Waals surface area contributed by atoms with Crippen LogP contribution in [0.2, 0.25) is 0 Å². The summed E-state index contributed by atoms with van der Waals surface area (Å²) in [6.07, 6.45) is 0. The molecule has 1 aromatic rings. The number of hydrogen-bond acceptors (Lipinski definition) is 4. The van der Waals surface area contributed by atoms with E-state index in [0.717, 1.165) is 11.5 Å². The highest BCUT2D eigenvalue weighted by atomic mass is 16.7. The van der Waals surface area contributed by atoms with E-state index in [1.165, 1.54) is 0 Å². The summed E-state index contributed by atoms with van der Waals surface area (Å²) in [6, 6.07) is 7.59. The van der Waals surface area contributed by atoms with Crippen molar-refractivity contribution in [3.05, 3.63) is 24.3 Å². The van der Waals surface area contributed by atoms with Crippen molar-refractivity contribution in [2.75, 3.05) is 6.79 Å². The lowest BCUT2D eigenvalue weighted by molar-refractivity contribution is 0.105. The predicted molar refractivity (Wildman–Crippen MR) is 44.2 cm³/mol. The van der Waals surface area contributed by atoms with Crippen LogP contribution in [0.15, 0.2) is 24.3 Å². The molecule has 1 aliphatic heterocycles. The first-order valence-electron chi connectivity index (χ1n) is 3.44. The minimum atomic E-state index is -0.750. The van der Waals surface area contributed by atoms with Gasteiger partial charge in [0.05, 0.1) is 0 Å². The minimum absolute atomic E-state index is 0.349. The van der Waals surface area contributed by atoms with Crippen molar-refractivity contribution >= 4 is 7.69 Å². The highest BCUT2D eigenvalue weighted by Gasteiger charge is 2.02. The molecule has 0 unspecified atom stereocenters. The molecule has 4 nitrogen and oxygen atoms in total. The Kier molecular flexibility index (Phi) is 3.44. The zero-order chi connectivity index (χ0) is 8.81. The van der Waals surface area contributed by atoms with E-state index < -0.39 is 7.69 Å². The second-order valence-corrected chi connectivity index (χ2v) is 2.02. The van der Waals surface area contributed by atoms with Crippen molar-refractivity contribution in [1.29, 1.82) is 0 Å². The van der Waals surface area contributed by atoms with E-state index in [0.29, 0.717) is 6.79 Å². The van der Waals surface area contributed by atoms with E-state index in [1.54, 1.807) is 0 Å². The smallest absolute Gasteiger partial charge is 0.432 e. The van der Waals surface area contributed by atoms with Crippen LogP contribution in [0.5, 0.6) is 11.5 Å². The Balaban J connectivity index is 0.000000213. The van der Waals surface area contributed by atoms with Crippen LogP contribution in [-0.2, 0) is 0 Å². The average molecular weight is 168 g/mol. The van der Waals surface area contributed by atoms with E-state index in [4.69, 9.17) is 19.5 Å². The van der Waals surface area contributed by atoms with Crippen molar-refractivity contribution in [3.8, 4) is 11.5 Å². The van der Waals surface area contributed by atoms with Gasteiger partial charge in [-0.25, -0.2) is 0 Å². The van der Waals surface area contributed by atoms with E-state index in [1.807, 2.05) is 24.3 Å². The van der Waals surface area contributed by atoms with Crippen LogP contribution in [0.25, 0.3) is 0 Å². The van der Waals surface area contributed by atoms with Crippen LogP contribution in [0, 0.1) is 0 Å². The molecule has 0 aliphatic carbocycles. The summed E-state index contributed by atoms with van der Waals surface area (Å²) < 4.78 is 10.1. The summed E-state index contributed by atoms with van der Waals surface area (Å²) in [7, 11) is -0.750. The first kappa shape index (κ1) is 8.90. The summed E-state index contributed by atoms with van der Waals surface area (Å²) in [4.78, 5) is 0. The van der Waals surface area contributed by atoms with Gasteiger partial charge in [-0.15, -0.1) is 0 Å². The van der Waals surface area contributed by atoms with Gasteiger partial charge in [-0.2, -0.15) is 0 Å². The Morgan fingerprint density at radius 3 is 2.08 bits per heavy atom. The van der Waals surface area contributed by atoms with Crippen molar-refractivity contribution in [3.63, 3.8) is 0 Å². The second kappa shape index (κ2) is 4.64. The highest BCUT2D eigenvalue weighted by molar-refractivity contribution is 6.13. The van der Waals surface area contributed by atoms with Crippen molar-refractivity contribution in [1.82, 2.24) is 0 Å². The van der Waals surface area contributed by atoms with Gasteiger partial charge in [0.25, 0.3) is 0 Å². The van der Waals surface area contributed by atoms with Crippen molar-refractivity contribution in [2.45, 2.75) is 0 Å². The Labute approximate surface area is 70.7 Å². The van der Waals surface area contributed by atoms with Gasteiger partial charge in [0, 0.05) is 6.07 Å². The molecule has 1 aliphatic rings. The average Bonchev–Trinajstić information content (AvgIpc) is 2.06. The molecule has 0 radical (unpaired) electrons. The standard InChI is InChI=1S/C7H6O2.BH3O2/c1-2-6-4-7(3-1)9-5-8-6;2-1-3/h1-4H,5H2;1-3H. The van der Waals surface area contributed by atoms with Crippen LogP contribution in [0.3, 0.4) is 0 Å². The fourth-order valence-corrected chi connectivity index (χ4v) is 0.819. The van der Waals surface area contributed by atoms with E-state index in [9.17, 15) is 0 Å². The number of benzene rings is 1. The monoisotopic (exact) mass is 168 g/mol. The van der Waals surface area contributed by atoms with E-state index in [-0.39, 0.29) is 0 Å². The third kappa shape index (κ3) is 2.45. The van der Waals surface area contributed by atoms with Gasteiger partial charge in [0.1, 0.15) is 11.5 Å². The zero-order valence-corrected chi connectivity index (χ0v) is 6.43. The zero-order valence-electron chi connectivity index (χ0n) is 6.43. The van der Waals surface area contributed by atoms with Crippen LogP contribution in [0.4, 0.5) is 0 Å². The Morgan fingerprint density at radius 2 is 1.67 bits per heavy atom. The largest absolute Gasteiger partial charge is 0.457 e. The number of fused-ring (bicyclic) bond motifs is 2. The lowest BCUT2D eigenvalue weighted by atomic mass is 10.3. The Hall–Kier alpha value is -1.20. The molecule has 0 spiro atoms.